The molecule has 1 aromatic carbocycles. The molecule has 7 nitrogen and oxygen atoms in total. The van der Waals surface area contributed by atoms with Crippen LogP contribution in [0.5, 0.6) is 0 Å². The molecule has 0 fully saturated rings. The number of nitrogens with one attached hydrogen (secondary N) is 3. The van der Waals surface area contributed by atoms with Crippen molar-refractivity contribution in [2.45, 2.75) is 20.3 Å². The van der Waals surface area contributed by atoms with Crippen LogP contribution in [0.15, 0.2) is 42.5 Å². The molecule has 2 aromatic rings. The Balaban J connectivity index is 2.10. The van der Waals surface area contributed by atoms with Gasteiger partial charge in [-0.1, -0.05) is 19.1 Å². The first-order valence-electron chi connectivity index (χ1n) is 7.94. The van der Waals surface area contributed by atoms with E-state index in [0.29, 0.717) is 17.9 Å². The molecule has 1 heterocycles. The van der Waals surface area contributed by atoms with Crippen LogP contribution in [0.1, 0.15) is 41.2 Å². The maximum Gasteiger partial charge on any atom is 0.274 e. The van der Waals surface area contributed by atoms with Crippen LogP contribution in [0.2, 0.25) is 0 Å². The van der Waals surface area contributed by atoms with E-state index < -0.39 is 5.91 Å². The molecule has 25 heavy (non-hydrogen) atoms. The van der Waals surface area contributed by atoms with Crippen molar-refractivity contribution >= 4 is 29.1 Å². The molecule has 0 saturated carbocycles. The number of aromatic nitrogens is 1. The predicted molar refractivity (Wildman–Crippen MR) is 95.6 cm³/mol. The van der Waals surface area contributed by atoms with Crippen LogP contribution in [0, 0.1) is 0 Å². The molecule has 1 aromatic heterocycles. The number of carbonyl (C=O) groups excluding carboxylic acids is 3. The second kappa shape index (κ2) is 8.58. The molecule has 0 radical (unpaired) electrons. The van der Waals surface area contributed by atoms with Crippen molar-refractivity contribution in [1.29, 1.82) is 0 Å². The van der Waals surface area contributed by atoms with Crippen molar-refractivity contribution in [2.24, 2.45) is 0 Å². The average molecular weight is 340 g/mol. The monoisotopic (exact) mass is 340 g/mol. The van der Waals surface area contributed by atoms with Gasteiger partial charge in [-0.2, -0.15) is 0 Å². The normalized spacial score (nSPS) is 10.0. The quantitative estimate of drug-likeness (QED) is 0.752. The third-order valence-corrected chi connectivity index (χ3v) is 3.19. The number of amides is 3. The highest BCUT2D eigenvalue weighted by Gasteiger charge is 2.12. The first-order chi connectivity index (χ1) is 12.0. The van der Waals surface area contributed by atoms with Gasteiger partial charge in [0.2, 0.25) is 5.91 Å². The number of hydrogen-bond donors (Lipinski definition) is 3. The molecule has 2 rings (SSSR count). The van der Waals surface area contributed by atoms with Gasteiger partial charge in [0.25, 0.3) is 11.8 Å². The second-order valence-corrected chi connectivity index (χ2v) is 5.38. The van der Waals surface area contributed by atoms with E-state index in [1.807, 2.05) is 6.92 Å². The SMILES string of the molecule is CCCNC(=O)c1cccc(C(=O)Nc2cccc(NC(C)=O)c2)n1. The minimum Gasteiger partial charge on any atom is -0.351 e. The molecule has 0 aliphatic heterocycles. The fourth-order valence-electron chi connectivity index (χ4n) is 2.09. The van der Waals surface area contributed by atoms with Gasteiger partial charge in [-0.15, -0.1) is 0 Å². The van der Waals surface area contributed by atoms with Crippen LogP contribution in [-0.4, -0.2) is 29.3 Å². The van der Waals surface area contributed by atoms with E-state index >= 15 is 0 Å². The summed E-state index contributed by atoms with van der Waals surface area (Å²) < 4.78 is 0. The summed E-state index contributed by atoms with van der Waals surface area (Å²) in [7, 11) is 0. The highest BCUT2D eigenvalue weighted by Crippen LogP contribution is 2.16. The summed E-state index contributed by atoms with van der Waals surface area (Å²) in [6.07, 6.45) is 0.816. The Bertz CT molecular complexity index is 789. The number of benzene rings is 1. The van der Waals surface area contributed by atoms with E-state index in [-0.39, 0.29) is 23.2 Å². The second-order valence-electron chi connectivity index (χ2n) is 5.38. The van der Waals surface area contributed by atoms with Crippen LogP contribution >= 0.6 is 0 Å². The number of nitrogens with zero attached hydrogens (tertiary/aromatic N) is 1. The van der Waals surface area contributed by atoms with Gasteiger partial charge in [0.1, 0.15) is 11.4 Å². The Kier molecular flexibility index (Phi) is 6.22. The Hall–Kier alpha value is -3.22. The van der Waals surface area contributed by atoms with Gasteiger partial charge in [-0.3, -0.25) is 14.4 Å². The molecule has 0 saturated heterocycles. The maximum atomic E-state index is 12.3. The lowest BCUT2D eigenvalue weighted by Gasteiger charge is -2.08. The van der Waals surface area contributed by atoms with E-state index in [2.05, 4.69) is 20.9 Å². The lowest BCUT2D eigenvalue weighted by atomic mass is 10.2. The highest BCUT2D eigenvalue weighted by molar-refractivity contribution is 6.04. The van der Waals surface area contributed by atoms with Gasteiger partial charge in [0, 0.05) is 24.8 Å². The summed E-state index contributed by atoms with van der Waals surface area (Å²) in [5.41, 5.74) is 1.41. The summed E-state index contributed by atoms with van der Waals surface area (Å²) in [4.78, 5) is 39.5. The third-order valence-electron chi connectivity index (χ3n) is 3.19. The zero-order valence-corrected chi connectivity index (χ0v) is 14.1. The molecule has 3 amide bonds. The van der Waals surface area contributed by atoms with Crippen molar-refractivity contribution in [2.75, 3.05) is 17.2 Å². The summed E-state index contributed by atoms with van der Waals surface area (Å²) in [5, 5.41) is 8.06. The third kappa shape index (κ3) is 5.42. The number of rotatable bonds is 6. The fraction of sp³-hybridized carbons (Fsp3) is 0.222. The van der Waals surface area contributed by atoms with Gasteiger partial charge < -0.3 is 16.0 Å². The van der Waals surface area contributed by atoms with Crippen molar-refractivity contribution in [3.05, 3.63) is 53.9 Å². The molecule has 0 unspecified atom stereocenters. The van der Waals surface area contributed by atoms with Gasteiger partial charge in [-0.05, 0) is 36.8 Å². The molecular formula is C18H20N4O3. The molecule has 0 bridgehead atoms. The molecule has 0 spiro atoms. The Labute approximate surface area is 145 Å². The molecule has 0 aliphatic carbocycles. The predicted octanol–water partition coefficient (Wildman–Crippen LogP) is 2.43. The van der Waals surface area contributed by atoms with Gasteiger partial charge in [-0.25, -0.2) is 4.98 Å². The van der Waals surface area contributed by atoms with Crippen LogP contribution in [0.3, 0.4) is 0 Å². The molecular weight excluding hydrogens is 320 g/mol. The zero-order valence-electron chi connectivity index (χ0n) is 14.1. The smallest absolute Gasteiger partial charge is 0.274 e. The Morgan fingerprint density at radius 1 is 0.920 bits per heavy atom. The molecule has 0 atom stereocenters. The summed E-state index contributed by atoms with van der Waals surface area (Å²) in [6, 6.07) is 11.5. The van der Waals surface area contributed by atoms with E-state index in [9.17, 15) is 14.4 Å². The van der Waals surface area contributed by atoms with Crippen LogP contribution in [-0.2, 0) is 4.79 Å². The van der Waals surface area contributed by atoms with Gasteiger partial charge in [0.15, 0.2) is 0 Å². The zero-order chi connectivity index (χ0) is 18.2. The number of anilines is 2. The highest BCUT2D eigenvalue weighted by atomic mass is 16.2. The minimum atomic E-state index is -0.440. The summed E-state index contributed by atoms with van der Waals surface area (Å²) >= 11 is 0. The van der Waals surface area contributed by atoms with E-state index in [4.69, 9.17) is 0 Å². The number of pyridine rings is 1. The van der Waals surface area contributed by atoms with E-state index in [1.165, 1.54) is 13.0 Å². The van der Waals surface area contributed by atoms with E-state index in [0.717, 1.165) is 6.42 Å². The molecule has 7 heteroatoms. The maximum absolute atomic E-state index is 12.3. The van der Waals surface area contributed by atoms with Gasteiger partial charge >= 0.3 is 0 Å². The number of hydrogen-bond acceptors (Lipinski definition) is 4. The first kappa shape index (κ1) is 18.1. The van der Waals surface area contributed by atoms with Crippen LogP contribution < -0.4 is 16.0 Å². The Morgan fingerprint density at radius 2 is 1.52 bits per heavy atom. The standard InChI is InChI=1S/C18H20N4O3/c1-3-10-19-17(24)15-8-5-9-16(22-15)18(25)21-14-7-4-6-13(11-14)20-12(2)23/h4-9,11H,3,10H2,1-2H3,(H,19,24)(H,20,23)(H,21,25). The van der Waals surface area contributed by atoms with Crippen molar-refractivity contribution < 1.29 is 14.4 Å². The molecule has 3 N–H and O–H groups in total. The number of carbonyl (C=O) groups is 3. The molecule has 130 valence electrons. The van der Waals surface area contributed by atoms with Crippen LogP contribution in [0.4, 0.5) is 11.4 Å². The van der Waals surface area contributed by atoms with Crippen LogP contribution in [0.25, 0.3) is 0 Å². The van der Waals surface area contributed by atoms with Crippen molar-refractivity contribution in [3.63, 3.8) is 0 Å². The minimum absolute atomic E-state index is 0.133. The average Bonchev–Trinajstić information content (AvgIpc) is 2.59. The lowest BCUT2D eigenvalue weighted by molar-refractivity contribution is -0.114. The fourth-order valence-corrected chi connectivity index (χ4v) is 2.09. The molecule has 0 aliphatic rings. The van der Waals surface area contributed by atoms with Gasteiger partial charge in [0.05, 0.1) is 0 Å². The topological polar surface area (TPSA) is 100 Å². The van der Waals surface area contributed by atoms with Crippen molar-refractivity contribution in [3.8, 4) is 0 Å². The summed E-state index contributed by atoms with van der Waals surface area (Å²) in [5.74, 6) is -0.954. The largest absolute Gasteiger partial charge is 0.351 e. The first-order valence-corrected chi connectivity index (χ1v) is 7.94. The summed E-state index contributed by atoms with van der Waals surface area (Å²) in [6.45, 7) is 3.91. The van der Waals surface area contributed by atoms with E-state index in [1.54, 1.807) is 36.4 Å². The van der Waals surface area contributed by atoms with Crippen molar-refractivity contribution in [1.82, 2.24) is 10.3 Å². The Morgan fingerprint density at radius 3 is 2.16 bits per heavy atom. The lowest BCUT2D eigenvalue weighted by Crippen LogP contribution is -2.26.